The number of hydrogen-bond acceptors (Lipinski definition) is 7. The van der Waals surface area contributed by atoms with Crippen LogP contribution in [-0.4, -0.2) is 46.6 Å². The third-order valence-electron chi connectivity index (χ3n) is 4.34. The molecular weight excluding hydrogens is 418 g/mol. The molecule has 0 saturated carbocycles. The topological polar surface area (TPSA) is 107 Å². The summed E-state index contributed by atoms with van der Waals surface area (Å²) in [5.74, 6) is 1.34. The molecule has 1 aromatic heterocycles. The normalized spacial score (nSPS) is 10.4. The maximum atomic E-state index is 12.4. The molecule has 0 spiro atoms. The Hall–Kier alpha value is -3.53. The van der Waals surface area contributed by atoms with Crippen molar-refractivity contribution in [2.24, 2.45) is 7.05 Å². The molecule has 0 radical (unpaired) electrons. The van der Waals surface area contributed by atoms with Crippen molar-refractivity contribution in [3.05, 3.63) is 54.4 Å². The van der Waals surface area contributed by atoms with Gasteiger partial charge in [0.1, 0.15) is 17.3 Å². The number of carbonyl (C=O) groups is 2. The number of anilines is 2. The van der Waals surface area contributed by atoms with Crippen LogP contribution >= 0.6 is 11.8 Å². The van der Waals surface area contributed by atoms with Crippen LogP contribution in [0.5, 0.6) is 11.5 Å². The lowest BCUT2D eigenvalue weighted by Crippen LogP contribution is -2.17. The first-order valence-corrected chi connectivity index (χ1v) is 10.4. The molecule has 0 fully saturated rings. The molecule has 2 N–H and O–H groups in total. The monoisotopic (exact) mass is 441 g/mol. The molecule has 3 rings (SSSR count). The Kier molecular flexibility index (Phi) is 7.50. The molecule has 0 aliphatic rings. The summed E-state index contributed by atoms with van der Waals surface area (Å²) in [5, 5.41) is 14.3. The molecule has 31 heavy (non-hydrogen) atoms. The number of thioether (sulfide) groups is 1. The smallest absolute Gasteiger partial charge is 0.234 e. The average molecular weight is 442 g/mol. The highest BCUT2D eigenvalue weighted by Crippen LogP contribution is 2.25. The van der Waals surface area contributed by atoms with Gasteiger partial charge >= 0.3 is 0 Å². The summed E-state index contributed by atoms with van der Waals surface area (Å²) in [4.78, 5) is 24.7. The van der Waals surface area contributed by atoms with Gasteiger partial charge in [-0.1, -0.05) is 36.0 Å². The number of nitrogens with zero attached hydrogens (tertiary/aromatic N) is 3. The van der Waals surface area contributed by atoms with Crippen molar-refractivity contribution in [1.82, 2.24) is 14.8 Å². The van der Waals surface area contributed by atoms with Crippen LogP contribution in [0.1, 0.15) is 5.82 Å². The predicted molar refractivity (Wildman–Crippen MR) is 119 cm³/mol. The van der Waals surface area contributed by atoms with Crippen molar-refractivity contribution in [1.29, 1.82) is 0 Å². The summed E-state index contributed by atoms with van der Waals surface area (Å²) in [6.45, 7) is 0. The SMILES string of the molecule is COc1ccccc1NC(=O)CSc1nnc(CC(=O)Nc2ccccc2OC)n1C. The lowest BCUT2D eigenvalue weighted by Gasteiger charge is -2.10. The molecule has 162 valence electrons. The first-order chi connectivity index (χ1) is 15.0. The molecule has 0 aliphatic heterocycles. The minimum atomic E-state index is -0.245. The Morgan fingerprint density at radius 2 is 1.45 bits per heavy atom. The molecule has 3 aromatic rings. The molecule has 10 heteroatoms. The number of amides is 2. The minimum absolute atomic E-state index is 0.0372. The maximum Gasteiger partial charge on any atom is 0.234 e. The van der Waals surface area contributed by atoms with Gasteiger partial charge in [0.15, 0.2) is 5.16 Å². The van der Waals surface area contributed by atoms with E-state index in [4.69, 9.17) is 9.47 Å². The van der Waals surface area contributed by atoms with Gasteiger partial charge in [0.25, 0.3) is 0 Å². The van der Waals surface area contributed by atoms with E-state index in [0.29, 0.717) is 33.9 Å². The first-order valence-electron chi connectivity index (χ1n) is 9.38. The van der Waals surface area contributed by atoms with Gasteiger partial charge in [0, 0.05) is 7.05 Å². The number of aromatic nitrogens is 3. The van der Waals surface area contributed by atoms with Gasteiger partial charge in [-0.2, -0.15) is 0 Å². The quantitative estimate of drug-likeness (QED) is 0.492. The third-order valence-corrected chi connectivity index (χ3v) is 5.36. The van der Waals surface area contributed by atoms with Crippen LogP contribution in [0.4, 0.5) is 11.4 Å². The molecule has 9 nitrogen and oxygen atoms in total. The van der Waals surface area contributed by atoms with E-state index in [1.54, 1.807) is 50.1 Å². The second-order valence-electron chi connectivity index (χ2n) is 6.42. The van der Waals surface area contributed by atoms with Crippen LogP contribution < -0.4 is 20.1 Å². The Morgan fingerprint density at radius 1 is 0.903 bits per heavy atom. The summed E-state index contributed by atoms with van der Waals surface area (Å²) >= 11 is 1.23. The molecule has 1 heterocycles. The van der Waals surface area contributed by atoms with E-state index in [-0.39, 0.29) is 24.0 Å². The number of nitrogens with one attached hydrogen (secondary N) is 2. The highest BCUT2D eigenvalue weighted by molar-refractivity contribution is 7.99. The van der Waals surface area contributed by atoms with Crippen molar-refractivity contribution >= 4 is 35.0 Å². The summed E-state index contributed by atoms with van der Waals surface area (Å²) in [5.41, 5.74) is 1.18. The Bertz CT molecular complexity index is 1070. The van der Waals surface area contributed by atoms with Gasteiger partial charge in [-0.05, 0) is 24.3 Å². The van der Waals surface area contributed by atoms with E-state index >= 15 is 0 Å². The second kappa shape index (κ2) is 10.5. The van der Waals surface area contributed by atoms with Crippen molar-refractivity contribution in [3.8, 4) is 11.5 Å². The van der Waals surface area contributed by atoms with E-state index < -0.39 is 0 Å². The number of rotatable bonds is 9. The number of ether oxygens (including phenoxy) is 2. The zero-order valence-corrected chi connectivity index (χ0v) is 18.2. The van der Waals surface area contributed by atoms with E-state index in [9.17, 15) is 9.59 Å². The van der Waals surface area contributed by atoms with E-state index in [2.05, 4.69) is 20.8 Å². The van der Waals surface area contributed by atoms with Gasteiger partial charge in [-0.15, -0.1) is 10.2 Å². The van der Waals surface area contributed by atoms with Gasteiger partial charge in [-0.25, -0.2) is 0 Å². The molecule has 2 amide bonds. The lowest BCUT2D eigenvalue weighted by molar-refractivity contribution is -0.116. The lowest BCUT2D eigenvalue weighted by atomic mass is 10.2. The zero-order chi connectivity index (χ0) is 22.2. The number of carbonyl (C=O) groups excluding carboxylic acids is 2. The summed E-state index contributed by atoms with van der Waals surface area (Å²) in [7, 11) is 4.85. The molecule has 0 unspecified atom stereocenters. The minimum Gasteiger partial charge on any atom is -0.495 e. The Morgan fingerprint density at radius 3 is 2.03 bits per heavy atom. The fourth-order valence-corrected chi connectivity index (χ4v) is 3.50. The van der Waals surface area contributed by atoms with Gasteiger partial charge in [-0.3, -0.25) is 9.59 Å². The van der Waals surface area contributed by atoms with E-state index in [1.807, 2.05) is 24.3 Å². The first kappa shape index (κ1) is 22.2. The van der Waals surface area contributed by atoms with Crippen LogP contribution in [0, 0.1) is 0 Å². The van der Waals surface area contributed by atoms with Crippen LogP contribution in [0.25, 0.3) is 0 Å². The van der Waals surface area contributed by atoms with Crippen molar-refractivity contribution in [2.75, 3.05) is 30.6 Å². The summed E-state index contributed by atoms with van der Waals surface area (Å²) in [6, 6.07) is 14.3. The number of para-hydroxylation sites is 4. The maximum absolute atomic E-state index is 12.4. The number of hydrogen-bond donors (Lipinski definition) is 2. The van der Waals surface area contributed by atoms with Gasteiger partial charge in [0.2, 0.25) is 11.8 Å². The molecule has 0 aliphatic carbocycles. The predicted octanol–water partition coefficient (Wildman–Crippen LogP) is 2.74. The van der Waals surface area contributed by atoms with Gasteiger partial charge in [0.05, 0.1) is 37.8 Å². The standard InChI is InChI=1S/C21H23N5O4S/c1-26-18(12-19(27)22-14-8-4-6-10-16(14)29-2)24-25-21(26)31-13-20(28)23-15-9-5-7-11-17(15)30-3/h4-11H,12-13H2,1-3H3,(H,22,27)(H,23,28). The molecule has 0 saturated heterocycles. The largest absolute Gasteiger partial charge is 0.495 e. The second-order valence-corrected chi connectivity index (χ2v) is 7.36. The Labute approximate surface area is 184 Å². The molecular formula is C21H23N5O4S. The van der Waals surface area contributed by atoms with Crippen LogP contribution in [0.2, 0.25) is 0 Å². The van der Waals surface area contributed by atoms with Gasteiger partial charge < -0.3 is 24.7 Å². The zero-order valence-electron chi connectivity index (χ0n) is 17.4. The molecule has 2 aromatic carbocycles. The fourth-order valence-electron chi connectivity index (χ4n) is 2.77. The molecule has 0 bridgehead atoms. The summed E-state index contributed by atoms with van der Waals surface area (Å²) < 4.78 is 12.2. The van der Waals surface area contributed by atoms with Crippen LogP contribution in [-0.2, 0) is 23.1 Å². The third kappa shape index (κ3) is 5.76. The number of benzene rings is 2. The average Bonchev–Trinajstić information content (AvgIpc) is 3.12. The van der Waals surface area contributed by atoms with Crippen LogP contribution in [0.3, 0.4) is 0 Å². The van der Waals surface area contributed by atoms with Crippen LogP contribution in [0.15, 0.2) is 53.7 Å². The fraction of sp³-hybridized carbons (Fsp3) is 0.238. The van der Waals surface area contributed by atoms with Crippen molar-refractivity contribution < 1.29 is 19.1 Å². The summed E-state index contributed by atoms with van der Waals surface area (Å²) in [6.07, 6.45) is 0.0372. The highest BCUT2D eigenvalue weighted by Gasteiger charge is 2.16. The number of methoxy groups -OCH3 is 2. The van der Waals surface area contributed by atoms with Crippen molar-refractivity contribution in [2.45, 2.75) is 11.6 Å². The van der Waals surface area contributed by atoms with E-state index in [1.165, 1.54) is 11.8 Å². The molecule has 0 atom stereocenters. The van der Waals surface area contributed by atoms with Crippen molar-refractivity contribution in [3.63, 3.8) is 0 Å². The highest BCUT2D eigenvalue weighted by atomic mass is 32.2. The Balaban J connectivity index is 1.56. The van der Waals surface area contributed by atoms with E-state index in [0.717, 1.165) is 0 Å².